The van der Waals surface area contributed by atoms with Crippen molar-refractivity contribution in [2.75, 3.05) is 5.73 Å². The van der Waals surface area contributed by atoms with Crippen molar-refractivity contribution in [2.24, 2.45) is 0 Å². The first-order chi connectivity index (χ1) is 5.00. The molecule has 0 aliphatic rings. The third-order valence-corrected chi connectivity index (χ3v) is 1.11. The highest BCUT2D eigenvalue weighted by atomic mass is 79.9. The van der Waals surface area contributed by atoms with E-state index in [9.17, 15) is 13.2 Å². The Hall–Kier alpha value is -0.780. The molecule has 0 amide bonds. The summed E-state index contributed by atoms with van der Waals surface area (Å²) >= 11 is 0. The van der Waals surface area contributed by atoms with Crippen molar-refractivity contribution in [1.82, 2.24) is 4.98 Å². The van der Waals surface area contributed by atoms with Crippen molar-refractivity contribution < 1.29 is 13.2 Å². The van der Waals surface area contributed by atoms with Gasteiger partial charge in [-0.15, -0.1) is 17.0 Å². The fraction of sp³-hybridized carbons (Fsp3) is 0.167. The molecule has 0 bridgehead atoms. The monoisotopic (exact) mass is 242 g/mol. The highest BCUT2D eigenvalue weighted by molar-refractivity contribution is 8.93. The number of anilines is 1. The zero-order valence-corrected chi connectivity index (χ0v) is 7.51. The van der Waals surface area contributed by atoms with Crippen LogP contribution in [0.3, 0.4) is 0 Å². The van der Waals surface area contributed by atoms with E-state index in [1.165, 1.54) is 0 Å². The first-order valence-electron chi connectivity index (χ1n) is 2.79. The Kier molecular flexibility index (Phi) is 3.51. The van der Waals surface area contributed by atoms with Crippen LogP contribution in [0.4, 0.5) is 19.0 Å². The fourth-order valence-corrected chi connectivity index (χ4v) is 0.625. The number of hydrogen-bond donors (Lipinski definition) is 1. The summed E-state index contributed by atoms with van der Waals surface area (Å²) < 4.78 is 35.7. The molecule has 0 saturated heterocycles. The summed E-state index contributed by atoms with van der Waals surface area (Å²) in [5, 5.41) is 0. The summed E-state index contributed by atoms with van der Waals surface area (Å²) in [6.45, 7) is 0. The average Bonchev–Trinajstić information content (AvgIpc) is 1.86. The van der Waals surface area contributed by atoms with Crippen LogP contribution in [0.2, 0.25) is 0 Å². The highest BCUT2D eigenvalue weighted by Gasteiger charge is 2.30. The first-order valence-corrected chi connectivity index (χ1v) is 2.79. The van der Waals surface area contributed by atoms with Crippen LogP contribution in [0.15, 0.2) is 18.3 Å². The average molecular weight is 243 g/mol. The van der Waals surface area contributed by atoms with E-state index < -0.39 is 11.7 Å². The third-order valence-electron chi connectivity index (χ3n) is 1.11. The molecule has 0 spiro atoms. The Morgan fingerprint density at radius 2 is 1.92 bits per heavy atom. The molecule has 0 saturated carbocycles. The predicted molar refractivity (Wildman–Crippen MR) is 44.0 cm³/mol. The number of halogens is 4. The number of pyridine rings is 1. The molecule has 68 valence electrons. The number of nitrogen functional groups attached to an aromatic ring is 1. The van der Waals surface area contributed by atoms with Crippen molar-refractivity contribution in [2.45, 2.75) is 6.18 Å². The zero-order valence-electron chi connectivity index (χ0n) is 5.80. The van der Waals surface area contributed by atoms with Gasteiger partial charge in [-0.2, -0.15) is 13.2 Å². The zero-order chi connectivity index (χ0) is 8.48. The minimum absolute atomic E-state index is 0. The lowest BCUT2D eigenvalue weighted by Gasteiger charge is -2.05. The van der Waals surface area contributed by atoms with E-state index in [-0.39, 0.29) is 22.8 Å². The first kappa shape index (κ1) is 11.2. The number of hydrogen-bond acceptors (Lipinski definition) is 2. The number of nitrogens with two attached hydrogens (primary N) is 1. The Morgan fingerprint density at radius 1 is 1.33 bits per heavy atom. The molecule has 1 aromatic heterocycles. The van der Waals surface area contributed by atoms with E-state index in [2.05, 4.69) is 4.98 Å². The van der Waals surface area contributed by atoms with Gasteiger partial charge in [0.05, 0.1) is 5.56 Å². The predicted octanol–water partition coefficient (Wildman–Crippen LogP) is 2.26. The molecule has 0 aromatic carbocycles. The molecule has 6 heteroatoms. The molecule has 0 fully saturated rings. The maximum atomic E-state index is 11.9. The van der Waals surface area contributed by atoms with Crippen LogP contribution in [-0.2, 0) is 6.18 Å². The molecule has 1 aromatic rings. The van der Waals surface area contributed by atoms with Gasteiger partial charge in [0.15, 0.2) is 0 Å². The number of aromatic nitrogens is 1. The van der Waals surface area contributed by atoms with Gasteiger partial charge >= 0.3 is 6.18 Å². The molecule has 12 heavy (non-hydrogen) atoms. The van der Waals surface area contributed by atoms with Crippen molar-refractivity contribution in [3.63, 3.8) is 0 Å². The molecule has 2 N–H and O–H groups in total. The SMILES string of the molecule is Br.Nc1cc(C(F)(F)F)ccn1. The lowest BCUT2D eigenvalue weighted by atomic mass is 10.2. The minimum Gasteiger partial charge on any atom is -0.384 e. The standard InChI is InChI=1S/C6H5F3N2.BrH/c7-6(8,9)4-1-2-11-5(10)3-4;/h1-3H,(H2,10,11);1H. The lowest BCUT2D eigenvalue weighted by molar-refractivity contribution is -0.137. The topological polar surface area (TPSA) is 38.9 Å². The second-order valence-electron chi connectivity index (χ2n) is 1.97. The van der Waals surface area contributed by atoms with Gasteiger partial charge in [-0.1, -0.05) is 0 Å². The van der Waals surface area contributed by atoms with Crippen LogP contribution >= 0.6 is 17.0 Å². The molecular weight excluding hydrogens is 237 g/mol. The van der Waals surface area contributed by atoms with Crippen molar-refractivity contribution in [3.8, 4) is 0 Å². The van der Waals surface area contributed by atoms with Gasteiger partial charge in [0.25, 0.3) is 0 Å². The largest absolute Gasteiger partial charge is 0.416 e. The molecule has 0 radical (unpaired) electrons. The van der Waals surface area contributed by atoms with Gasteiger partial charge in [-0.05, 0) is 12.1 Å². The molecule has 2 nitrogen and oxygen atoms in total. The van der Waals surface area contributed by atoms with Crippen molar-refractivity contribution in [3.05, 3.63) is 23.9 Å². The van der Waals surface area contributed by atoms with E-state index in [1.807, 2.05) is 0 Å². The molecule has 0 aliphatic heterocycles. The maximum Gasteiger partial charge on any atom is 0.416 e. The molecule has 0 atom stereocenters. The van der Waals surface area contributed by atoms with Gasteiger partial charge in [0, 0.05) is 6.20 Å². The highest BCUT2D eigenvalue weighted by Crippen LogP contribution is 2.29. The summed E-state index contributed by atoms with van der Waals surface area (Å²) in [5.74, 6) is -0.125. The molecule has 1 heterocycles. The molecular formula is C6H6BrF3N2. The maximum absolute atomic E-state index is 11.9. The van der Waals surface area contributed by atoms with E-state index in [1.54, 1.807) is 0 Å². The van der Waals surface area contributed by atoms with Crippen LogP contribution in [-0.4, -0.2) is 4.98 Å². The van der Waals surface area contributed by atoms with Crippen LogP contribution < -0.4 is 5.73 Å². The molecule has 1 rings (SSSR count). The van der Waals surface area contributed by atoms with Gasteiger partial charge in [0.2, 0.25) is 0 Å². The van der Waals surface area contributed by atoms with Crippen LogP contribution in [0, 0.1) is 0 Å². The smallest absolute Gasteiger partial charge is 0.384 e. The van der Waals surface area contributed by atoms with E-state index in [0.29, 0.717) is 0 Å². The summed E-state index contributed by atoms with van der Waals surface area (Å²) in [7, 11) is 0. The Morgan fingerprint density at radius 3 is 2.25 bits per heavy atom. The summed E-state index contributed by atoms with van der Waals surface area (Å²) in [6.07, 6.45) is -3.31. The van der Waals surface area contributed by atoms with Crippen LogP contribution in [0.1, 0.15) is 5.56 Å². The fourth-order valence-electron chi connectivity index (χ4n) is 0.625. The number of rotatable bonds is 0. The summed E-state index contributed by atoms with van der Waals surface area (Å²) in [6, 6.07) is 1.66. The minimum atomic E-state index is -4.34. The van der Waals surface area contributed by atoms with Gasteiger partial charge in [-0.25, -0.2) is 4.98 Å². The van der Waals surface area contributed by atoms with Crippen molar-refractivity contribution >= 4 is 22.8 Å². The van der Waals surface area contributed by atoms with Gasteiger partial charge in [0.1, 0.15) is 5.82 Å². The second-order valence-corrected chi connectivity index (χ2v) is 1.97. The van der Waals surface area contributed by atoms with E-state index in [4.69, 9.17) is 5.73 Å². The Labute approximate surface area is 77.4 Å². The summed E-state index contributed by atoms with van der Waals surface area (Å²) in [4.78, 5) is 3.43. The quantitative estimate of drug-likeness (QED) is 0.758. The number of nitrogens with zero attached hydrogens (tertiary/aromatic N) is 1. The Balaban J connectivity index is 0.00000121. The second kappa shape index (κ2) is 3.75. The van der Waals surface area contributed by atoms with E-state index >= 15 is 0 Å². The van der Waals surface area contributed by atoms with Crippen molar-refractivity contribution in [1.29, 1.82) is 0 Å². The van der Waals surface area contributed by atoms with Gasteiger partial charge in [-0.3, -0.25) is 0 Å². The lowest BCUT2D eigenvalue weighted by Crippen LogP contribution is -2.05. The normalized spacial score (nSPS) is 10.6. The van der Waals surface area contributed by atoms with E-state index in [0.717, 1.165) is 18.3 Å². The molecule has 0 aliphatic carbocycles. The Bertz CT molecular complexity index is 261. The third kappa shape index (κ3) is 2.69. The van der Waals surface area contributed by atoms with Gasteiger partial charge < -0.3 is 5.73 Å². The number of alkyl halides is 3. The van der Waals surface area contributed by atoms with Crippen LogP contribution in [0.5, 0.6) is 0 Å². The molecule has 0 unspecified atom stereocenters. The van der Waals surface area contributed by atoms with Crippen LogP contribution in [0.25, 0.3) is 0 Å². The summed E-state index contributed by atoms with van der Waals surface area (Å²) in [5.41, 5.74) is 4.27.